The maximum Gasteiger partial charge on any atom is 0.201 e. The Kier molecular flexibility index (Phi) is 7.26. The molecule has 4 rings (SSSR count). The number of pyridine rings is 1. The standard InChI is InChI=1S/C23H24F2N4O3S/c24-18-11-15(2-1-5-28-33(31)32)22(25)20(13-18)23(30)16-3-4-21-17(10-16)12-19(14-27-21)29-8-6-26-7-9-29/h3-4,10-14,26,33H,1-2,5-9H2,(H,28,31,32). The van der Waals surface area contributed by atoms with Gasteiger partial charge in [0.2, 0.25) is 10.9 Å². The number of benzene rings is 2. The van der Waals surface area contributed by atoms with Crippen LogP contribution in [0, 0.1) is 11.6 Å². The molecule has 0 amide bonds. The van der Waals surface area contributed by atoms with Crippen LogP contribution in [0.3, 0.4) is 0 Å². The van der Waals surface area contributed by atoms with Gasteiger partial charge in [0.15, 0.2) is 5.78 Å². The lowest BCUT2D eigenvalue weighted by Gasteiger charge is -2.29. The summed E-state index contributed by atoms with van der Waals surface area (Å²) in [5.41, 5.74) is 1.57. The topological polar surface area (TPSA) is 91.4 Å². The van der Waals surface area contributed by atoms with Crippen LogP contribution in [0.15, 0.2) is 42.6 Å². The zero-order valence-corrected chi connectivity index (χ0v) is 18.7. The van der Waals surface area contributed by atoms with Crippen molar-refractivity contribution in [3.63, 3.8) is 0 Å². The second-order valence-corrected chi connectivity index (χ2v) is 8.69. The van der Waals surface area contributed by atoms with Crippen molar-refractivity contribution in [2.75, 3.05) is 37.6 Å². The number of fused-ring (bicyclic) bond motifs is 1. The predicted octanol–water partition coefficient (Wildman–Crippen LogP) is 2.20. The first-order chi connectivity index (χ1) is 15.9. The van der Waals surface area contributed by atoms with E-state index in [1.54, 1.807) is 24.4 Å². The summed E-state index contributed by atoms with van der Waals surface area (Å²) in [5.74, 6) is -2.13. The van der Waals surface area contributed by atoms with Crippen molar-refractivity contribution < 1.29 is 22.0 Å². The van der Waals surface area contributed by atoms with Gasteiger partial charge in [0.1, 0.15) is 11.6 Å². The minimum Gasteiger partial charge on any atom is -0.368 e. The van der Waals surface area contributed by atoms with Crippen molar-refractivity contribution in [3.8, 4) is 0 Å². The molecule has 10 heteroatoms. The highest BCUT2D eigenvalue weighted by Gasteiger charge is 2.20. The molecule has 1 aromatic heterocycles. The smallest absolute Gasteiger partial charge is 0.201 e. The van der Waals surface area contributed by atoms with Gasteiger partial charge in [-0.25, -0.2) is 21.9 Å². The van der Waals surface area contributed by atoms with E-state index in [0.717, 1.165) is 49.4 Å². The van der Waals surface area contributed by atoms with Crippen molar-refractivity contribution >= 4 is 33.3 Å². The molecule has 2 N–H and O–H groups in total. The van der Waals surface area contributed by atoms with Crippen molar-refractivity contribution in [1.29, 1.82) is 0 Å². The molecule has 0 unspecified atom stereocenters. The van der Waals surface area contributed by atoms with Crippen molar-refractivity contribution in [2.45, 2.75) is 12.8 Å². The van der Waals surface area contributed by atoms with E-state index in [-0.39, 0.29) is 36.1 Å². The summed E-state index contributed by atoms with van der Waals surface area (Å²) < 4.78 is 52.6. The minimum atomic E-state index is -2.75. The van der Waals surface area contributed by atoms with E-state index in [2.05, 4.69) is 19.9 Å². The zero-order chi connectivity index (χ0) is 23.4. The molecule has 33 heavy (non-hydrogen) atoms. The highest BCUT2D eigenvalue weighted by molar-refractivity contribution is 7.70. The number of thiol groups is 1. The summed E-state index contributed by atoms with van der Waals surface area (Å²) in [4.78, 5) is 19.8. The quantitative estimate of drug-likeness (QED) is 0.264. The third-order valence-corrected chi connectivity index (χ3v) is 6.11. The van der Waals surface area contributed by atoms with E-state index in [1.807, 2.05) is 6.07 Å². The number of halogens is 2. The second kappa shape index (κ2) is 10.3. The fourth-order valence-electron chi connectivity index (χ4n) is 3.95. The fraction of sp³-hybridized carbons (Fsp3) is 0.304. The van der Waals surface area contributed by atoms with Gasteiger partial charge >= 0.3 is 0 Å². The molecule has 3 aromatic rings. The molecule has 1 aliphatic heterocycles. The molecule has 2 aromatic carbocycles. The summed E-state index contributed by atoms with van der Waals surface area (Å²) in [7, 11) is -2.75. The third kappa shape index (κ3) is 5.52. The number of carbonyl (C=O) groups is 1. The normalized spacial score (nSPS) is 14.2. The zero-order valence-electron chi connectivity index (χ0n) is 17.8. The number of anilines is 1. The van der Waals surface area contributed by atoms with Crippen LogP contribution in [0.5, 0.6) is 0 Å². The number of nitrogens with one attached hydrogen (secondary N) is 2. The minimum absolute atomic E-state index is 0.0322. The molecule has 0 spiro atoms. The summed E-state index contributed by atoms with van der Waals surface area (Å²) in [6.45, 7) is 3.56. The summed E-state index contributed by atoms with van der Waals surface area (Å²) in [5, 5.41) is 4.04. The average Bonchev–Trinajstić information content (AvgIpc) is 2.83. The lowest BCUT2D eigenvalue weighted by molar-refractivity contribution is 0.103. The number of aromatic nitrogens is 1. The number of piperazine rings is 1. The number of aryl methyl sites for hydroxylation is 1. The SMILES string of the molecule is O=C(c1ccc2ncc(N3CCNCC3)cc2c1)c1cc(F)cc(CCCN[SH](=O)=O)c1F. The van der Waals surface area contributed by atoms with Gasteiger partial charge < -0.3 is 10.2 Å². The maximum atomic E-state index is 15.0. The predicted molar refractivity (Wildman–Crippen MR) is 123 cm³/mol. The van der Waals surface area contributed by atoms with Crippen LogP contribution in [0.4, 0.5) is 14.5 Å². The van der Waals surface area contributed by atoms with Gasteiger partial charge in [-0.15, -0.1) is 0 Å². The van der Waals surface area contributed by atoms with E-state index in [4.69, 9.17) is 0 Å². The van der Waals surface area contributed by atoms with Gasteiger partial charge in [0.25, 0.3) is 0 Å². The van der Waals surface area contributed by atoms with Gasteiger partial charge in [-0.05, 0) is 54.8 Å². The Bertz CT molecular complexity index is 1250. The summed E-state index contributed by atoms with van der Waals surface area (Å²) >= 11 is 0. The Morgan fingerprint density at radius 3 is 2.67 bits per heavy atom. The molecule has 1 saturated heterocycles. The van der Waals surface area contributed by atoms with Crippen LogP contribution in [0.1, 0.15) is 27.9 Å². The van der Waals surface area contributed by atoms with Gasteiger partial charge in [-0.3, -0.25) is 9.78 Å². The van der Waals surface area contributed by atoms with Gasteiger partial charge in [0, 0.05) is 43.7 Å². The van der Waals surface area contributed by atoms with E-state index >= 15 is 4.39 Å². The van der Waals surface area contributed by atoms with Crippen LogP contribution in [0.2, 0.25) is 0 Å². The number of hydrogen-bond acceptors (Lipinski definition) is 6. The van der Waals surface area contributed by atoms with Crippen molar-refractivity contribution in [3.05, 3.63) is 70.9 Å². The van der Waals surface area contributed by atoms with E-state index in [1.165, 1.54) is 0 Å². The number of nitrogens with zero attached hydrogens (tertiary/aromatic N) is 2. The van der Waals surface area contributed by atoms with Crippen LogP contribution in [-0.4, -0.2) is 51.9 Å². The molecule has 0 radical (unpaired) electrons. The van der Waals surface area contributed by atoms with E-state index in [9.17, 15) is 17.6 Å². The molecule has 1 fully saturated rings. The first kappa shape index (κ1) is 23.2. The fourth-order valence-corrected chi connectivity index (χ4v) is 4.30. The van der Waals surface area contributed by atoms with Crippen molar-refractivity contribution in [1.82, 2.24) is 15.0 Å². The highest BCUT2D eigenvalue weighted by Crippen LogP contribution is 2.25. The summed E-state index contributed by atoms with van der Waals surface area (Å²) in [6.07, 6.45) is 2.16. The Labute approximate surface area is 191 Å². The monoisotopic (exact) mass is 474 g/mol. The van der Waals surface area contributed by atoms with Crippen LogP contribution >= 0.6 is 0 Å². The first-order valence-corrected chi connectivity index (χ1v) is 11.9. The Balaban J connectivity index is 1.60. The molecule has 174 valence electrons. The molecular formula is C23H24F2N4O3S. The number of carbonyl (C=O) groups excluding carboxylic acids is 1. The summed E-state index contributed by atoms with van der Waals surface area (Å²) in [6, 6.07) is 8.78. The average molecular weight is 475 g/mol. The molecular weight excluding hydrogens is 450 g/mol. The molecule has 0 saturated carbocycles. The second-order valence-electron chi connectivity index (χ2n) is 7.86. The lowest BCUT2D eigenvalue weighted by atomic mass is 9.97. The first-order valence-electron chi connectivity index (χ1n) is 10.7. The van der Waals surface area contributed by atoms with Crippen LogP contribution in [0.25, 0.3) is 10.9 Å². The Morgan fingerprint density at radius 1 is 1.12 bits per heavy atom. The van der Waals surface area contributed by atoms with Crippen molar-refractivity contribution in [2.24, 2.45) is 0 Å². The number of rotatable bonds is 8. The van der Waals surface area contributed by atoms with Crippen LogP contribution < -0.4 is 14.9 Å². The number of ketones is 1. The van der Waals surface area contributed by atoms with E-state index < -0.39 is 28.3 Å². The third-order valence-electron chi connectivity index (χ3n) is 5.63. The highest BCUT2D eigenvalue weighted by atomic mass is 32.2. The maximum absolute atomic E-state index is 15.0. The molecule has 0 atom stereocenters. The lowest BCUT2D eigenvalue weighted by Crippen LogP contribution is -2.43. The van der Waals surface area contributed by atoms with Crippen LogP contribution in [-0.2, 0) is 17.3 Å². The molecule has 0 bridgehead atoms. The largest absolute Gasteiger partial charge is 0.368 e. The van der Waals surface area contributed by atoms with E-state index in [0.29, 0.717) is 5.52 Å². The number of hydrogen-bond donors (Lipinski definition) is 3. The van der Waals surface area contributed by atoms with Gasteiger partial charge in [-0.2, -0.15) is 0 Å². The van der Waals surface area contributed by atoms with Gasteiger partial charge in [0.05, 0.1) is 23.0 Å². The molecule has 7 nitrogen and oxygen atoms in total. The molecule has 1 aliphatic rings. The van der Waals surface area contributed by atoms with Gasteiger partial charge in [-0.1, -0.05) is 0 Å². The Morgan fingerprint density at radius 2 is 1.91 bits per heavy atom. The molecule has 0 aliphatic carbocycles. The molecule has 2 heterocycles. The Hall–Kier alpha value is -2.95.